The highest BCUT2D eigenvalue weighted by molar-refractivity contribution is 7.99. The number of halogens is 1. The summed E-state index contributed by atoms with van der Waals surface area (Å²) in [6.45, 7) is 4.77. The van der Waals surface area contributed by atoms with E-state index in [1.807, 2.05) is 25.1 Å². The van der Waals surface area contributed by atoms with Crippen LogP contribution >= 0.6 is 23.4 Å². The third kappa shape index (κ3) is 3.34. The van der Waals surface area contributed by atoms with Gasteiger partial charge in [0.2, 0.25) is 11.2 Å². The SMILES string of the molecule is CCNc1nc(Cl)nc(Sc2ccccc2C)n1. The minimum atomic E-state index is 0.206. The Morgan fingerprint density at radius 2 is 2.00 bits per heavy atom. The molecule has 1 heterocycles. The molecule has 1 aromatic carbocycles. The van der Waals surface area contributed by atoms with Crippen LogP contribution in [0.3, 0.4) is 0 Å². The fourth-order valence-electron chi connectivity index (χ4n) is 1.38. The van der Waals surface area contributed by atoms with Crippen LogP contribution in [0.1, 0.15) is 12.5 Å². The molecule has 1 aromatic heterocycles. The van der Waals surface area contributed by atoms with Crippen LogP contribution in [0.25, 0.3) is 0 Å². The van der Waals surface area contributed by atoms with Gasteiger partial charge < -0.3 is 5.32 Å². The molecule has 0 aliphatic heterocycles. The smallest absolute Gasteiger partial charge is 0.228 e. The maximum absolute atomic E-state index is 5.88. The monoisotopic (exact) mass is 280 g/mol. The molecule has 94 valence electrons. The second-order valence-corrected chi connectivity index (χ2v) is 4.96. The molecular formula is C12H13ClN4S. The zero-order valence-corrected chi connectivity index (χ0v) is 11.7. The van der Waals surface area contributed by atoms with Gasteiger partial charge in [0.05, 0.1) is 0 Å². The highest BCUT2D eigenvalue weighted by Crippen LogP contribution is 2.28. The van der Waals surface area contributed by atoms with Crippen LogP contribution in [0.15, 0.2) is 34.3 Å². The number of anilines is 1. The topological polar surface area (TPSA) is 50.7 Å². The number of hydrogen-bond donors (Lipinski definition) is 1. The second kappa shape index (κ2) is 6.02. The number of rotatable bonds is 4. The number of nitrogens with zero attached hydrogens (tertiary/aromatic N) is 3. The molecule has 0 aliphatic rings. The van der Waals surface area contributed by atoms with Gasteiger partial charge in [-0.2, -0.15) is 15.0 Å². The van der Waals surface area contributed by atoms with Crippen molar-refractivity contribution < 1.29 is 0 Å². The minimum absolute atomic E-state index is 0.206. The fourth-order valence-corrected chi connectivity index (χ4v) is 2.43. The largest absolute Gasteiger partial charge is 0.354 e. The molecule has 0 fully saturated rings. The van der Waals surface area contributed by atoms with Gasteiger partial charge >= 0.3 is 0 Å². The Labute approximate surface area is 115 Å². The van der Waals surface area contributed by atoms with E-state index in [0.29, 0.717) is 11.1 Å². The molecule has 4 nitrogen and oxygen atoms in total. The summed E-state index contributed by atoms with van der Waals surface area (Å²) in [5.41, 5.74) is 1.18. The van der Waals surface area contributed by atoms with Crippen LogP contribution < -0.4 is 5.32 Å². The Morgan fingerprint density at radius 3 is 2.72 bits per heavy atom. The van der Waals surface area contributed by atoms with Gasteiger partial charge in [-0.05, 0) is 48.8 Å². The Kier molecular flexibility index (Phi) is 4.38. The summed E-state index contributed by atoms with van der Waals surface area (Å²) in [5, 5.41) is 3.83. The number of hydrogen-bond acceptors (Lipinski definition) is 5. The molecular weight excluding hydrogens is 268 g/mol. The Balaban J connectivity index is 2.26. The zero-order valence-electron chi connectivity index (χ0n) is 10.1. The van der Waals surface area contributed by atoms with Crippen molar-refractivity contribution in [2.45, 2.75) is 23.9 Å². The lowest BCUT2D eigenvalue weighted by molar-refractivity contribution is 0.898. The first-order valence-electron chi connectivity index (χ1n) is 5.58. The van der Waals surface area contributed by atoms with E-state index in [9.17, 15) is 0 Å². The van der Waals surface area contributed by atoms with Crippen molar-refractivity contribution in [3.63, 3.8) is 0 Å². The van der Waals surface area contributed by atoms with Crippen LogP contribution in [-0.4, -0.2) is 21.5 Å². The van der Waals surface area contributed by atoms with Crippen molar-refractivity contribution in [2.75, 3.05) is 11.9 Å². The number of aryl methyl sites for hydroxylation is 1. The first-order valence-corrected chi connectivity index (χ1v) is 6.77. The average molecular weight is 281 g/mol. The Hall–Kier alpha value is -1.33. The van der Waals surface area contributed by atoms with E-state index >= 15 is 0 Å². The van der Waals surface area contributed by atoms with Crippen molar-refractivity contribution in [2.24, 2.45) is 0 Å². The molecule has 0 unspecified atom stereocenters. The van der Waals surface area contributed by atoms with Gasteiger partial charge in [-0.1, -0.05) is 18.2 Å². The summed E-state index contributed by atoms with van der Waals surface area (Å²) in [5.74, 6) is 0.508. The fraction of sp³-hybridized carbons (Fsp3) is 0.250. The quantitative estimate of drug-likeness (QED) is 0.930. The lowest BCUT2D eigenvalue weighted by Crippen LogP contribution is -2.04. The number of nitrogens with one attached hydrogen (secondary N) is 1. The summed E-state index contributed by atoms with van der Waals surface area (Å²) >= 11 is 7.36. The van der Waals surface area contributed by atoms with Gasteiger partial charge in [0.1, 0.15) is 0 Å². The lowest BCUT2D eigenvalue weighted by atomic mass is 10.2. The van der Waals surface area contributed by atoms with E-state index < -0.39 is 0 Å². The van der Waals surface area contributed by atoms with E-state index in [0.717, 1.165) is 11.4 Å². The summed E-state index contributed by atoms with van der Waals surface area (Å²) in [6.07, 6.45) is 0. The van der Waals surface area contributed by atoms with Gasteiger partial charge in [0.15, 0.2) is 5.16 Å². The Morgan fingerprint density at radius 1 is 1.22 bits per heavy atom. The maximum Gasteiger partial charge on any atom is 0.228 e. The van der Waals surface area contributed by atoms with Crippen LogP contribution in [0.4, 0.5) is 5.95 Å². The predicted octanol–water partition coefficient (Wildman–Crippen LogP) is 3.42. The van der Waals surface area contributed by atoms with Crippen molar-refractivity contribution in [1.29, 1.82) is 0 Å². The number of benzene rings is 1. The molecule has 0 amide bonds. The van der Waals surface area contributed by atoms with Crippen molar-refractivity contribution in [1.82, 2.24) is 15.0 Å². The predicted molar refractivity (Wildman–Crippen MR) is 74.3 cm³/mol. The van der Waals surface area contributed by atoms with E-state index in [2.05, 4.69) is 33.3 Å². The molecule has 2 aromatic rings. The lowest BCUT2D eigenvalue weighted by Gasteiger charge is -2.06. The van der Waals surface area contributed by atoms with Crippen LogP contribution in [0.2, 0.25) is 5.28 Å². The first-order chi connectivity index (χ1) is 8.69. The molecule has 18 heavy (non-hydrogen) atoms. The molecule has 2 rings (SSSR count). The minimum Gasteiger partial charge on any atom is -0.354 e. The van der Waals surface area contributed by atoms with E-state index in [1.165, 1.54) is 17.3 Å². The normalized spacial score (nSPS) is 10.4. The Bertz CT molecular complexity index is 547. The average Bonchev–Trinajstić information content (AvgIpc) is 2.32. The molecule has 0 radical (unpaired) electrons. The third-order valence-corrected chi connectivity index (χ3v) is 3.43. The molecule has 6 heteroatoms. The third-order valence-electron chi connectivity index (χ3n) is 2.22. The summed E-state index contributed by atoms with van der Waals surface area (Å²) < 4.78 is 0. The van der Waals surface area contributed by atoms with Crippen molar-refractivity contribution >= 4 is 29.3 Å². The standard InChI is InChI=1S/C12H13ClN4S/c1-3-14-11-15-10(13)16-12(17-11)18-9-7-5-4-6-8(9)2/h4-7H,3H2,1-2H3,(H,14,15,16,17). The highest BCUT2D eigenvalue weighted by Gasteiger charge is 2.07. The first kappa shape index (κ1) is 13.1. The van der Waals surface area contributed by atoms with Crippen LogP contribution in [0.5, 0.6) is 0 Å². The highest BCUT2D eigenvalue weighted by atomic mass is 35.5. The molecule has 1 N–H and O–H groups in total. The van der Waals surface area contributed by atoms with Crippen LogP contribution in [-0.2, 0) is 0 Å². The van der Waals surface area contributed by atoms with Gasteiger partial charge in [0, 0.05) is 11.4 Å². The maximum atomic E-state index is 5.88. The van der Waals surface area contributed by atoms with Crippen molar-refractivity contribution in [3.8, 4) is 0 Å². The van der Waals surface area contributed by atoms with Gasteiger partial charge in [-0.3, -0.25) is 0 Å². The van der Waals surface area contributed by atoms with Crippen molar-refractivity contribution in [3.05, 3.63) is 35.1 Å². The van der Waals surface area contributed by atoms with E-state index in [1.54, 1.807) is 0 Å². The molecule has 0 atom stereocenters. The summed E-state index contributed by atoms with van der Waals surface area (Å²) in [4.78, 5) is 13.5. The van der Waals surface area contributed by atoms with Gasteiger partial charge in [-0.15, -0.1) is 0 Å². The van der Waals surface area contributed by atoms with E-state index in [-0.39, 0.29) is 5.28 Å². The van der Waals surface area contributed by atoms with E-state index in [4.69, 9.17) is 11.6 Å². The molecule has 0 aliphatic carbocycles. The second-order valence-electron chi connectivity index (χ2n) is 3.61. The van der Waals surface area contributed by atoms with Gasteiger partial charge in [-0.25, -0.2) is 0 Å². The van der Waals surface area contributed by atoms with Gasteiger partial charge in [0.25, 0.3) is 0 Å². The summed E-state index contributed by atoms with van der Waals surface area (Å²) in [7, 11) is 0. The van der Waals surface area contributed by atoms with Crippen LogP contribution in [0, 0.1) is 6.92 Å². The zero-order chi connectivity index (χ0) is 13.0. The molecule has 0 saturated heterocycles. The summed E-state index contributed by atoms with van der Waals surface area (Å²) in [6, 6.07) is 8.08. The molecule has 0 saturated carbocycles. The molecule has 0 spiro atoms. The molecule has 0 bridgehead atoms. The number of aromatic nitrogens is 3.